The highest BCUT2D eigenvalue weighted by molar-refractivity contribution is 5.55. The Hall–Kier alpha value is -1.42. The number of aliphatic hydroxyl groups is 1. The lowest BCUT2D eigenvalue weighted by atomic mass is 9.88. The van der Waals surface area contributed by atoms with E-state index in [0.717, 1.165) is 12.0 Å². The van der Waals surface area contributed by atoms with Crippen LogP contribution in [0.2, 0.25) is 0 Å². The van der Waals surface area contributed by atoms with E-state index in [1.54, 1.807) is 6.07 Å². The van der Waals surface area contributed by atoms with E-state index < -0.39 is 0 Å². The van der Waals surface area contributed by atoms with Crippen LogP contribution in [0.3, 0.4) is 0 Å². The van der Waals surface area contributed by atoms with Gasteiger partial charge >= 0.3 is 0 Å². The zero-order chi connectivity index (χ0) is 12.8. The predicted octanol–water partition coefficient (Wildman–Crippen LogP) is 1.77. The van der Waals surface area contributed by atoms with Crippen LogP contribution >= 0.6 is 0 Å². The number of phenols is 2. The van der Waals surface area contributed by atoms with Gasteiger partial charge in [0.1, 0.15) is 0 Å². The summed E-state index contributed by atoms with van der Waals surface area (Å²) in [6, 6.07) is 3.18. The normalized spacial score (nSPS) is 25.6. The molecule has 1 aliphatic rings. The van der Waals surface area contributed by atoms with Gasteiger partial charge in [0.25, 0.3) is 0 Å². The van der Waals surface area contributed by atoms with Crippen molar-refractivity contribution in [1.82, 2.24) is 0 Å². The summed E-state index contributed by atoms with van der Waals surface area (Å²) in [7, 11) is 1.43. The summed E-state index contributed by atoms with van der Waals surface area (Å²) in [6.45, 7) is 4.16. The predicted molar refractivity (Wildman–Crippen MR) is 63.5 cm³/mol. The monoisotopic (exact) mass is 238 g/mol. The van der Waals surface area contributed by atoms with Gasteiger partial charge in [-0.2, -0.15) is 0 Å². The Bertz CT molecular complexity index is 453. The molecule has 4 heteroatoms. The average molecular weight is 238 g/mol. The van der Waals surface area contributed by atoms with E-state index >= 15 is 0 Å². The average Bonchev–Trinajstić information content (AvgIpc) is 2.86. The van der Waals surface area contributed by atoms with Gasteiger partial charge in [0.2, 0.25) is 5.75 Å². The number of aliphatic hydroxyl groups excluding tert-OH is 1. The Labute approximate surface area is 100 Å². The lowest BCUT2D eigenvalue weighted by Crippen LogP contribution is -2.19. The smallest absolute Gasteiger partial charge is 0.200 e. The molecule has 1 unspecified atom stereocenters. The highest BCUT2D eigenvalue weighted by atomic mass is 16.5. The number of rotatable bonds is 3. The molecule has 0 radical (unpaired) electrons. The molecule has 0 bridgehead atoms. The molecule has 0 saturated heterocycles. The highest BCUT2D eigenvalue weighted by Gasteiger charge is 2.61. The lowest BCUT2D eigenvalue weighted by Gasteiger charge is -2.20. The minimum atomic E-state index is -0.342. The van der Waals surface area contributed by atoms with E-state index in [-0.39, 0.29) is 34.7 Å². The Kier molecular flexibility index (Phi) is 2.51. The second kappa shape index (κ2) is 3.53. The van der Waals surface area contributed by atoms with Crippen molar-refractivity contribution in [3.8, 4) is 17.2 Å². The van der Waals surface area contributed by atoms with Crippen LogP contribution in [0.4, 0.5) is 0 Å². The van der Waals surface area contributed by atoms with Crippen molar-refractivity contribution in [2.24, 2.45) is 5.41 Å². The first-order chi connectivity index (χ1) is 7.88. The van der Waals surface area contributed by atoms with Crippen molar-refractivity contribution in [1.29, 1.82) is 0 Å². The van der Waals surface area contributed by atoms with Gasteiger partial charge in [-0.3, -0.25) is 0 Å². The van der Waals surface area contributed by atoms with Crippen LogP contribution in [0.1, 0.15) is 25.8 Å². The van der Waals surface area contributed by atoms with E-state index in [0.29, 0.717) is 0 Å². The molecule has 0 aliphatic heterocycles. The van der Waals surface area contributed by atoms with Gasteiger partial charge in [-0.1, -0.05) is 13.8 Å². The van der Waals surface area contributed by atoms with Gasteiger partial charge in [-0.25, -0.2) is 0 Å². The number of ether oxygens (including phenoxy) is 1. The minimum absolute atomic E-state index is 0.00380. The maximum atomic E-state index is 9.66. The summed E-state index contributed by atoms with van der Waals surface area (Å²) >= 11 is 0. The topological polar surface area (TPSA) is 69.9 Å². The molecular formula is C13H18O4. The van der Waals surface area contributed by atoms with Crippen molar-refractivity contribution in [2.45, 2.75) is 25.7 Å². The van der Waals surface area contributed by atoms with Gasteiger partial charge in [-0.15, -0.1) is 0 Å². The van der Waals surface area contributed by atoms with Crippen LogP contribution in [0.25, 0.3) is 0 Å². The number of aromatic hydroxyl groups is 2. The molecule has 1 saturated carbocycles. The largest absolute Gasteiger partial charge is 0.504 e. The summed E-state index contributed by atoms with van der Waals surface area (Å²) in [6.07, 6.45) is 0.851. The van der Waals surface area contributed by atoms with Crippen LogP contribution in [0.5, 0.6) is 17.2 Å². The molecule has 1 aromatic carbocycles. The zero-order valence-corrected chi connectivity index (χ0v) is 10.3. The number of benzene rings is 1. The van der Waals surface area contributed by atoms with E-state index in [1.165, 1.54) is 13.2 Å². The third-order valence-electron chi connectivity index (χ3n) is 4.01. The summed E-state index contributed by atoms with van der Waals surface area (Å²) in [5, 5.41) is 28.8. The number of phenolic OH excluding ortho intramolecular Hbond substituents is 2. The van der Waals surface area contributed by atoms with E-state index in [9.17, 15) is 15.3 Å². The number of methoxy groups -OCH3 is 1. The fourth-order valence-corrected chi connectivity index (χ4v) is 2.59. The van der Waals surface area contributed by atoms with E-state index in [1.807, 2.05) is 0 Å². The molecule has 4 nitrogen and oxygen atoms in total. The lowest BCUT2D eigenvalue weighted by molar-refractivity contribution is 0.230. The van der Waals surface area contributed by atoms with Crippen LogP contribution in [0.15, 0.2) is 12.1 Å². The number of hydrogen-bond donors (Lipinski definition) is 3. The van der Waals surface area contributed by atoms with Gasteiger partial charge in [0, 0.05) is 5.41 Å². The molecule has 94 valence electrons. The molecule has 0 heterocycles. The molecule has 2 rings (SSSR count). The molecule has 1 aromatic rings. The molecule has 0 spiro atoms. The zero-order valence-electron chi connectivity index (χ0n) is 10.3. The van der Waals surface area contributed by atoms with Crippen LogP contribution in [0, 0.1) is 5.41 Å². The Morgan fingerprint density at radius 2 is 1.88 bits per heavy atom. The maximum absolute atomic E-state index is 9.66. The summed E-state index contributed by atoms with van der Waals surface area (Å²) in [5.41, 5.74) is 0.457. The van der Waals surface area contributed by atoms with Crippen molar-refractivity contribution >= 4 is 0 Å². The SMILES string of the molecule is COc1cc(C2(CO)CC2(C)C)cc(O)c1O. The van der Waals surface area contributed by atoms with Gasteiger partial charge in [-0.05, 0) is 29.5 Å². The van der Waals surface area contributed by atoms with Crippen LogP contribution < -0.4 is 4.74 Å². The second-order valence-electron chi connectivity index (χ2n) is 5.35. The fourth-order valence-electron chi connectivity index (χ4n) is 2.59. The first-order valence-electron chi connectivity index (χ1n) is 5.59. The van der Waals surface area contributed by atoms with Crippen molar-refractivity contribution in [3.63, 3.8) is 0 Å². The second-order valence-corrected chi connectivity index (χ2v) is 5.35. The quantitative estimate of drug-likeness (QED) is 0.702. The third kappa shape index (κ3) is 1.55. The van der Waals surface area contributed by atoms with Crippen molar-refractivity contribution < 1.29 is 20.1 Å². The molecule has 3 N–H and O–H groups in total. The Morgan fingerprint density at radius 1 is 1.29 bits per heavy atom. The summed E-state index contributed by atoms with van der Waals surface area (Å²) < 4.78 is 5.01. The van der Waals surface area contributed by atoms with Crippen molar-refractivity contribution in [2.75, 3.05) is 13.7 Å². The van der Waals surface area contributed by atoms with Gasteiger partial charge < -0.3 is 20.1 Å². The molecule has 1 fully saturated rings. The highest BCUT2D eigenvalue weighted by Crippen LogP contribution is 2.64. The Balaban J connectivity index is 2.51. The standard InChI is InChI=1S/C13H18O4/c1-12(2)6-13(12,7-14)8-4-9(15)11(16)10(5-8)17-3/h4-5,14-16H,6-7H2,1-3H3. The summed E-state index contributed by atoms with van der Waals surface area (Å²) in [5.74, 6) is -0.242. The number of hydrogen-bond acceptors (Lipinski definition) is 4. The Morgan fingerprint density at radius 3 is 2.29 bits per heavy atom. The minimum Gasteiger partial charge on any atom is -0.504 e. The molecule has 0 aromatic heterocycles. The molecule has 1 atom stereocenters. The molecule has 0 amide bonds. The fraction of sp³-hybridized carbons (Fsp3) is 0.538. The molecule has 17 heavy (non-hydrogen) atoms. The first-order valence-corrected chi connectivity index (χ1v) is 5.59. The van der Waals surface area contributed by atoms with Crippen LogP contribution in [-0.4, -0.2) is 29.0 Å². The van der Waals surface area contributed by atoms with Crippen molar-refractivity contribution in [3.05, 3.63) is 17.7 Å². The maximum Gasteiger partial charge on any atom is 0.200 e. The summed E-state index contributed by atoms with van der Waals surface area (Å²) in [4.78, 5) is 0. The first kappa shape index (κ1) is 12.0. The van der Waals surface area contributed by atoms with Gasteiger partial charge in [0.15, 0.2) is 11.5 Å². The molecular weight excluding hydrogens is 220 g/mol. The van der Waals surface area contributed by atoms with Gasteiger partial charge in [0.05, 0.1) is 13.7 Å². The third-order valence-corrected chi connectivity index (χ3v) is 4.01. The van der Waals surface area contributed by atoms with E-state index in [2.05, 4.69) is 13.8 Å². The van der Waals surface area contributed by atoms with E-state index in [4.69, 9.17) is 4.74 Å². The van der Waals surface area contributed by atoms with Crippen LogP contribution in [-0.2, 0) is 5.41 Å². The molecule has 1 aliphatic carbocycles.